The molecule has 142 valence electrons. The van der Waals surface area contributed by atoms with E-state index in [2.05, 4.69) is 24.9 Å². The summed E-state index contributed by atoms with van der Waals surface area (Å²) in [7, 11) is 0. The first-order valence-corrected chi connectivity index (χ1v) is 8.67. The van der Waals surface area contributed by atoms with E-state index in [-0.39, 0.29) is 24.2 Å². The third-order valence-electron chi connectivity index (χ3n) is 5.04. The molecule has 11 heteroatoms. The van der Waals surface area contributed by atoms with Crippen LogP contribution in [0.5, 0.6) is 0 Å². The fourth-order valence-corrected chi connectivity index (χ4v) is 3.66. The number of aromatic amines is 1. The van der Waals surface area contributed by atoms with Crippen LogP contribution in [0.3, 0.4) is 0 Å². The van der Waals surface area contributed by atoms with Crippen LogP contribution < -0.4 is 11.5 Å². The smallest absolute Gasteiger partial charge is 0.254 e. The van der Waals surface area contributed by atoms with Crippen molar-refractivity contribution in [2.24, 2.45) is 0 Å². The van der Waals surface area contributed by atoms with Crippen molar-refractivity contribution >= 4 is 39.9 Å². The molecule has 4 aromatic rings. The number of aliphatic hydroxyl groups is 1. The molecule has 11 nitrogen and oxygen atoms in total. The minimum absolute atomic E-state index is 0.0278. The van der Waals surface area contributed by atoms with E-state index in [1.165, 1.54) is 6.33 Å². The van der Waals surface area contributed by atoms with Crippen LogP contribution in [0, 0.1) is 0 Å². The Morgan fingerprint density at radius 1 is 1.21 bits per heavy atom. The van der Waals surface area contributed by atoms with Crippen LogP contribution in [0.15, 0.2) is 30.9 Å². The number of hydrogen-bond acceptors (Lipinski definition) is 8. The summed E-state index contributed by atoms with van der Waals surface area (Å²) in [6, 6.07) is 4.85. The normalized spacial score (nSPS) is 19.7. The van der Waals surface area contributed by atoms with E-state index in [1.54, 1.807) is 34.0 Å². The van der Waals surface area contributed by atoms with Gasteiger partial charge in [-0.1, -0.05) is 0 Å². The summed E-state index contributed by atoms with van der Waals surface area (Å²) < 4.78 is 1.69. The van der Waals surface area contributed by atoms with E-state index < -0.39 is 12.1 Å². The monoisotopic (exact) mass is 379 g/mol. The topological polar surface area (TPSA) is 165 Å². The highest BCUT2D eigenvalue weighted by Gasteiger charge is 2.36. The molecule has 5 rings (SSSR count). The summed E-state index contributed by atoms with van der Waals surface area (Å²) in [5, 5.41) is 10.6. The lowest BCUT2D eigenvalue weighted by Gasteiger charge is -2.17. The average molecular weight is 379 g/mol. The Hall–Kier alpha value is -3.73. The van der Waals surface area contributed by atoms with Crippen molar-refractivity contribution in [1.82, 2.24) is 34.4 Å². The Morgan fingerprint density at radius 3 is 2.93 bits per heavy atom. The highest BCUT2D eigenvalue weighted by molar-refractivity contribution is 5.97. The van der Waals surface area contributed by atoms with Crippen LogP contribution in [0.2, 0.25) is 0 Å². The number of carbonyl (C=O) groups is 1. The molecule has 1 aromatic carbocycles. The number of amides is 1. The maximum atomic E-state index is 12.9. The van der Waals surface area contributed by atoms with Gasteiger partial charge < -0.3 is 31.0 Å². The first-order valence-electron chi connectivity index (χ1n) is 8.67. The molecule has 2 atom stereocenters. The molecule has 28 heavy (non-hydrogen) atoms. The van der Waals surface area contributed by atoms with Crippen LogP contribution in [0.25, 0.3) is 22.2 Å². The summed E-state index contributed by atoms with van der Waals surface area (Å²) in [5.41, 5.74) is 14.5. The van der Waals surface area contributed by atoms with Gasteiger partial charge in [0.25, 0.3) is 5.91 Å². The van der Waals surface area contributed by atoms with Crippen molar-refractivity contribution in [2.75, 3.05) is 24.6 Å². The molecule has 3 aromatic heterocycles. The molecular formula is C17H17N9O2. The average Bonchev–Trinajstić information content (AvgIpc) is 3.38. The number of nitrogens with zero attached hydrogens (tertiary/aromatic N) is 6. The number of H-pyrrole nitrogens is 1. The molecule has 0 aliphatic carbocycles. The summed E-state index contributed by atoms with van der Waals surface area (Å²) in [4.78, 5) is 34.0. The van der Waals surface area contributed by atoms with Gasteiger partial charge in [0.2, 0.25) is 5.95 Å². The van der Waals surface area contributed by atoms with Gasteiger partial charge in [-0.05, 0) is 18.2 Å². The first kappa shape index (κ1) is 16.4. The van der Waals surface area contributed by atoms with E-state index in [4.69, 9.17) is 11.5 Å². The predicted molar refractivity (Wildman–Crippen MR) is 101 cm³/mol. The molecule has 0 bridgehead atoms. The SMILES string of the molecule is Nc1nc(N)c2ncn([C@H]3CN(C(=O)c4ccc5nc[nH]c5c4)C[C@@H]3O)c2n1. The quantitative estimate of drug-likeness (QED) is 0.375. The maximum Gasteiger partial charge on any atom is 0.254 e. The van der Waals surface area contributed by atoms with Crippen LogP contribution in [-0.2, 0) is 0 Å². The molecule has 0 saturated carbocycles. The van der Waals surface area contributed by atoms with E-state index in [0.29, 0.717) is 23.3 Å². The summed E-state index contributed by atoms with van der Waals surface area (Å²) >= 11 is 0. The molecule has 1 amide bonds. The second-order valence-corrected chi connectivity index (χ2v) is 6.77. The van der Waals surface area contributed by atoms with E-state index in [0.717, 1.165) is 11.0 Å². The van der Waals surface area contributed by atoms with Crippen molar-refractivity contribution in [3.05, 3.63) is 36.4 Å². The first-order chi connectivity index (χ1) is 13.5. The van der Waals surface area contributed by atoms with E-state index in [1.807, 2.05) is 0 Å². The molecule has 1 fully saturated rings. The van der Waals surface area contributed by atoms with Crippen molar-refractivity contribution in [3.8, 4) is 0 Å². The number of nitrogens with two attached hydrogens (primary N) is 2. The molecule has 1 aliphatic rings. The van der Waals surface area contributed by atoms with Gasteiger partial charge >= 0.3 is 0 Å². The molecule has 0 unspecified atom stereocenters. The summed E-state index contributed by atoms with van der Waals surface area (Å²) in [6.45, 7) is 0.497. The highest BCUT2D eigenvalue weighted by atomic mass is 16.3. The Balaban J connectivity index is 1.45. The minimum Gasteiger partial charge on any atom is -0.389 e. The summed E-state index contributed by atoms with van der Waals surface area (Å²) in [6.07, 6.45) is 2.33. The predicted octanol–water partition coefficient (Wildman–Crippen LogP) is -0.0750. The molecule has 6 N–H and O–H groups in total. The Bertz CT molecular complexity index is 1210. The number of β-amino-alcohol motifs (C(OH)–C–C–N with tert-alkyl or cyclic N) is 1. The number of rotatable bonds is 2. The standard InChI is InChI=1S/C17H17N9O2/c18-14-13-15(24-17(19)23-14)26(7-22-13)11-4-25(5-12(11)27)16(28)8-1-2-9-10(3-8)21-6-20-9/h1-3,6-7,11-12,27H,4-5H2,(H,20,21)(H4,18,19,23,24)/t11-,12-/m0/s1. The second-order valence-electron chi connectivity index (χ2n) is 6.77. The number of anilines is 2. The van der Waals surface area contributed by atoms with Gasteiger partial charge in [0.1, 0.15) is 5.52 Å². The third-order valence-corrected chi connectivity index (χ3v) is 5.04. The Kier molecular flexibility index (Phi) is 3.46. The van der Waals surface area contributed by atoms with Gasteiger partial charge in [-0.3, -0.25) is 4.79 Å². The van der Waals surface area contributed by atoms with Gasteiger partial charge in [0.15, 0.2) is 11.5 Å². The number of hydrogen-bond donors (Lipinski definition) is 4. The number of aliphatic hydroxyl groups excluding tert-OH is 1. The van der Waals surface area contributed by atoms with Crippen molar-refractivity contribution < 1.29 is 9.90 Å². The van der Waals surface area contributed by atoms with Gasteiger partial charge in [-0.25, -0.2) is 9.97 Å². The van der Waals surface area contributed by atoms with E-state index in [9.17, 15) is 9.90 Å². The van der Waals surface area contributed by atoms with Crippen molar-refractivity contribution in [2.45, 2.75) is 12.1 Å². The number of fused-ring (bicyclic) bond motifs is 2. The number of nitrogens with one attached hydrogen (secondary N) is 1. The molecular weight excluding hydrogens is 362 g/mol. The zero-order valence-corrected chi connectivity index (χ0v) is 14.6. The number of imidazole rings is 2. The Labute approximate surface area is 158 Å². The van der Waals surface area contributed by atoms with E-state index >= 15 is 0 Å². The van der Waals surface area contributed by atoms with Crippen LogP contribution >= 0.6 is 0 Å². The number of nitrogen functional groups attached to an aromatic ring is 2. The lowest BCUT2D eigenvalue weighted by atomic mass is 10.2. The fourth-order valence-electron chi connectivity index (χ4n) is 3.66. The summed E-state index contributed by atoms with van der Waals surface area (Å²) in [5.74, 6) is 0.0330. The van der Waals surface area contributed by atoms with Crippen LogP contribution in [0.4, 0.5) is 11.8 Å². The van der Waals surface area contributed by atoms with Gasteiger partial charge in [0, 0.05) is 18.7 Å². The largest absolute Gasteiger partial charge is 0.389 e. The fraction of sp³-hybridized carbons (Fsp3) is 0.235. The second kappa shape index (κ2) is 5.89. The van der Waals surface area contributed by atoms with Crippen molar-refractivity contribution in [1.29, 1.82) is 0 Å². The van der Waals surface area contributed by atoms with Gasteiger partial charge in [-0.15, -0.1) is 0 Å². The molecule has 1 aliphatic heterocycles. The molecule has 4 heterocycles. The highest BCUT2D eigenvalue weighted by Crippen LogP contribution is 2.28. The van der Waals surface area contributed by atoms with Gasteiger partial charge in [-0.2, -0.15) is 9.97 Å². The third kappa shape index (κ3) is 2.44. The van der Waals surface area contributed by atoms with Gasteiger partial charge in [0.05, 0.1) is 35.8 Å². The van der Waals surface area contributed by atoms with Crippen molar-refractivity contribution in [3.63, 3.8) is 0 Å². The number of aromatic nitrogens is 6. The zero-order chi connectivity index (χ0) is 19.4. The number of likely N-dealkylation sites (tertiary alicyclic amines) is 1. The minimum atomic E-state index is -0.783. The van der Waals surface area contributed by atoms with Crippen LogP contribution in [-0.4, -0.2) is 64.6 Å². The molecule has 0 spiro atoms. The molecule has 1 saturated heterocycles. The number of benzene rings is 1. The lowest BCUT2D eigenvalue weighted by Crippen LogP contribution is -2.29. The zero-order valence-electron chi connectivity index (χ0n) is 14.6. The maximum absolute atomic E-state index is 12.9. The Morgan fingerprint density at radius 2 is 2.07 bits per heavy atom. The molecule has 0 radical (unpaired) electrons. The lowest BCUT2D eigenvalue weighted by molar-refractivity contribution is 0.0765. The number of carbonyl (C=O) groups excluding carboxylic acids is 1. The van der Waals surface area contributed by atoms with Crippen LogP contribution in [0.1, 0.15) is 16.4 Å².